The zero-order chi connectivity index (χ0) is 43.7. The predicted molar refractivity (Wildman–Crippen MR) is 214 cm³/mol. The highest BCUT2D eigenvalue weighted by Crippen LogP contribution is 2.37. The molecule has 0 saturated carbocycles. The molecule has 18 heteroatoms. The van der Waals surface area contributed by atoms with Crippen molar-refractivity contribution in [2.75, 3.05) is 35.4 Å². The number of ether oxygens (including phenoxy) is 2. The van der Waals surface area contributed by atoms with Gasteiger partial charge >= 0.3 is 5.69 Å². The number of carbonyl (C=O) groups is 6. The summed E-state index contributed by atoms with van der Waals surface area (Å²) >= 11 is 0. The van der Waals surface area contributed by atoms with Gasteiger partial charge in [-0.1, -0.05) is 42.5 Å². The van der Waals surface area contributed by atoms with Crippen molar-refractivity contribution >= 4 is 41.1 Å². The molecule has 1 fully saturated rings. The van der Waals surface area contributed by atoms with Crippen LogP contribution in [0, 0.1) is 10.1 Å². The number of phenols is 1. The lowest BCUT2D eigenvalue weighted by atomic mass is 9.99. The van der Waals surface area contributed by atoms with Crippen molar-refractivity contribution in [2.24, 2.45) is 0 Å². The van der Waals surface area contributed by atoms with Crippen molar-refractivity contribution < 1.29 is 48.3 Å². The molecule has 1 aliphatic rings. The lowest BCUT2D eigenvalue weighted by molar-refractivity contribution is -0.386. The summed E-state index contributed by atoms with van der Waals surface area (Å²) in [4.78, 5) is 99.0. The van der Waals surface area contributed by atoms with Crippen LogP contribution in [0.3, 0.4) is 0 Å². The molecule has 6 atom stereocenters. The Morgan fingerprint density at radius 3 is 1.59 bits per heavy atom. The van der Waals surface area contributed by atoms with Crippen molar-refractivity contribution in [2.45, 2.75) is 76.3 Å². The first-order chi connectivity index (χ1) is 27.9. The van der Waals surface area contributed by atoms with Gasteiger partial charge in [-0.2, -0.15) is 0 Å². The molecule has 1 saturated heterocycles. The van der Waals surface area contributed by atoms with Gasteiger partial charge in [0, 0.05) is 46.5 Å². The molecule has 0 spiro atoms. The maximum Gasteiger partial charge on any atom is 0.314 e. The second-order valence-corrected chi connectivity index (χ2v) is 14.5. The molecule has 1 aliphatic heterocycles. The van der Waals surface area contributed by atoms with Crippen molar-refractivity contribution in [3.63, 3.8) is 0 Å². The van der Waals surface area contributed by atoms with Gasteiger partial charge in [0.05, 0.1) is 19.1 Å². The predicted octanol–water partition coefficient (Wildman–Crippen LogP) is 1.35. The van der Waals surface area contributed by atoms with Crippen LogP contribution in [0.5, 0.6) is 17.2 Å². The number of methoxy groups -OCH3 is 2. The molecular weight excluding hydrogens is 766 g/mol. The Labute approximate surface area is 342 Å². The number of nitrogens with one attached hydrogen (secondary N) is 3. The highest BCUT2D eigenvalue weighted by molar-refractivity contribution is 5.98. The molecule has 6 amide bonds. The van der Waals surface area contributed by atoms with E-state index in [2.05, 4.69) is 16.0 Å². The molecular formula is C41H51N7O11. The third-order valence-corrected chi connectivity index (χ3v) is 10.4. The van der Waals surface area contributed by atoms with E-state index in [0.717, 1.165) is 11.0 Å². The zero-order valence-corrected chi connectivity index (χ0v) is 34.3. The first-order valence-electron chi connectivity index (χ1n) is 18.8. The van der Waals surface area contributed by atoms with Gasteiger partial charge in [-0.15, -0.1) is 0 Å². The minimum absolute atomic E-state index is 0.0200. The third kappa shape index (κ3) is 10.8. The van der Waals surface area contributed by atoms with Gasteiger partial charge in [0.1, 0.15) is 42.0 Å². The summed E-state index contributed by atoms with van der Waals surface area (Å²) in [6, 6.07) is 10.4. The normalized spacial score (nSPS) is 22.8. The summed E-state index contributed by atoms with van der Waals surface area (Å²) < 4.78 is 10.4. The van der Waals surface area contributed by atoms with Gasteiger partial charge in [0.15, 0.2) is 5.75 Å². The quantitative estimate of drug-likeness (QED) is 0.178. The Bertz CT molecular complexity index is 2050. The Hall–Kier alpha value is -6.72. The fraction of sp³-hybridized carbons (Fsp3) is 0.415. The van der Waals surface area contributed by atoms with Crippen molar-refractivity contribution in [1.82, 2.24) is 30.7 Å². The number of amides is 6. The number of rotatable bonds is 9. The highest BCUT2D eigenvalue weighted by atomic mass is 16.6. The Kier molecular flexibility index (Phi) is 15.0. The highest BCUT2D eigenvalue weighted by Gasteiger charge is 2.39. The first-order valence-corrected chi connectivity index (χ1v) is 18.8. The Morgan fingerprint density at radius 2 is 1.07 bits per heavy atom. The van der Waals surface area contributed by atoms with Gasteiger partial charge < -0.3 is 45.2 Å². The summed E-state index contributed by atoms with van der Waals surface area (Å²) in [7, 11) is 6.82. The van der Waals surface area contributed by atoms with E-state index in [9.17, 15) is 44.0 Å². The number of likely N-dealkylation sites (N-methyl/N-ethyl adjacent to an activating group) is 3. The standard InChI is InChI=1S/C41H51N7O11/c1-23-36(50)43-24(2)39(53)45(4)31(18-27-14-16-29(58-7)17-15-27)38(52)44-25(3)40(54)47(6)33(19-26-12-10-9-11-13-26)41(55)46(5)32(37(51)42-23)21-28-20-30(48(56)57)35(49)34(22-28)59-8/h9-17,20,22-25,31-33,49H,18-19,21H2,1-8H3,(H,42,51)(H,43,50)(H,44,52)/t23-,24+,25+,31?,32+,33+/m1/s1. The summed E-state index contributed by atoms with van der Waals surface area (Å²) in [6.45, 7) is 4.23. The topological polar surface area (TPSA) is 230 Å². The summed E-state index contributed by atoms with van der Waals surface area (Å²) in [5.74, 6) is -4.71. The first kappa shape index (κ1) is 45.0. The molecule has 1 heterocycles. The fourth-order valence-electron chi connectivity index (χ4n) is 6.76. The molecule has 0 aromatic heterocycles. The van der Waals surface area contributed by atoms with E-state index in [-0.39, 0.29) is 30.6 Å². The average molecular weight is 818 g/mol. The van der Waals surface area contributed by atoms with Gasteiger partial charge in [-0.3, -0.25) is 38.9 Å². The third-order valence-electron chi connectivity index (χ3n) is 10.4. The van der Waals surface area contributed by atoms with E-state index in [1.165, 1.54) is 72.0 Å². The maximum atomic E-state index is 14.7. The smallest absolute Gasteiger partial charge is 0.314 e. The molecule has 0 bridgehead atoms. The molecule has 3 aromatic rings. The second kappa shape index (κ2) is 19.6. The van der Waals surface area contributed by atoms with Crippen LogP contribution < -0.4 is 25.4 Å². The monoisotopic (exact) mass is 817 g/mol. The number of carbonyl (C=O) groups excluding carboxylic acids is 6. The molecule has 3 aromatic carbocycles. The van der Waals surface area contributed by atoms with Crippen LogP contribution >= 0.6 is 0 Å². The van der Waals surface area contributed by atoms with Crippen molar-refractivity contribution in [3.05, 3.63) is 93.5 Å². The molecule has 18 nitrogen and oxygen atoms in total. The number of nitro benzene ring substituents is 1. The Morgan fingerprint density at radius 1 is 0.610 bits per heavy atom. The average Bonchev–Trinajstić information content (AvgIpc) is 3.22. The molecule has 4 N–H and O–H groups in total. The largest absolute Gasteiger partial charge is 0.500 e. The van der Waals surface area contributed by atoms with E-state index >= 15 is 0 Å². The van der Waals surface area contributed by atoms with Crippen LogP contribution in [-0.2, 0) is 48.0 Å². The van der Waals surface area contributed by atoms with Gasteiger partial charge in [0.25, 0.3) is 0 Å². The summed E-state index contributed by atoms with van der Waals surface area (Å²) in [6.07, 6.45) is -0.357. The van der Waals surface area contributed by atoms with E-state index < -0.39 is 88.1 Å². The summed E-state index contributed by atoms with van der Waals surface area (Å²) in [5, 5.41) is 30.1. The molecule has 0 radical (unpaired) electrons. The van der Waals surface area contributed by atoms with Gasteiger partial charge in [-0.05, 0) is 55.7 Å². The number of hydrogen-bond donors (Lipinski definition) is 4. The van der Waals surface area contributed by atoms with E-state index in [4.69, 9.17) is 9.47 Å². The number of phenolic OH excluding ortho intramolecular Hbond substituents is 1. The van der Waals surface area contributed by atoms with Crippen LogP contribution in [0.2, 0.25) is 0 Å². The van der Waals surface area contributed by atoms with Crippen LogP contribution in [0.15, 0.2) is 66.7 Å². The maximum absolute atomic E-state index is 14.7. The number of benzene rings is 3. The van der Waals surface area contributed by atoms with E-state index in [1.807, 2.05) is 0 Å². The fourth-order valence-corrected chi connectivity index (χ4v) is 6.76. The van der Waals surface area contributed by atoms with E-state index in [0.29, 0.717) is 16.9 Å². The van der Waals surface area contributed by atoms with Crippen molar-refractivity contribution in [1.29, 1.82) is 0 Å². The Balaban J connectivity index is 1.81. The number of nitrogens with zero attached hydrogens (tertiary/aromatic N) is 4. The van der Waals surface area contributed by atoms with Gasteiger partial charge in [0.2, 0.25) is 41.2 Å². The summed E-state index contributed by atoms with van der Waals surface area (Å²) in [5.41, 5.74) is 0.747. The molecule has 59 heavy (non-hydrogen) atoms. The lowest BCUT2D eigenvalue weighted by Crippen LogP contribution is -2.61. The van der Waals surface area contributed by atoms with Crippen molar-refractivity contribution in [3.8, 4) is 17.2 Å². The molecule has 1 unspecified atom stereocenters. The number of hydrogen-bond acceptors (Lipinski definition) is 11. The van der Waals surface area contributed by atoms with E-state index in [1.54, 1.807) is 54.6 Å². The van der Waals surface area contributed by atoms with Crippen LogP contribution in [-0.4, -0.2) is 132 Å². The van der Waals surface area contributed by atoms with Crippen LogP contribution in [0.25, 0.3) is 0 Å². The molecule has 4 rings (SSSR count). The van der Waals surface area contributed by atoms with Crippen LogP contribution in [0.1, 0.15) is 37.5 Å². The minimum atomic E-state index is -1.45. The number of nitro groups is 1. The minimum Gasteiger partial charge on any atom is -0.500 e. The SMILES string of the molecule is COc1ccc(CC2C(=O)N[C@@H](C)C(=O)N(C)[C@@H](Cc3ccccc3)C(=O)N(C)[C@@H](Cc3cc(OC)c(O)c([N+](=O)[O-])c3)C(=O)N[C@H](C)C(=O)N[C@@H](C)C(=O)N2C)cc1. The molecule has 316 valence electrons. The van der Waals surface area contributed by atoms with Crippen LogP contribution in [0.4, 0.5) is 5.69 Å². The number of aromatic hydroxyl groups is 1. The zero-order valence-electron chi connectivity index (χ0n) is 34.3. The van der Waals surface area contributed by atoms with Gasteiger partial charge in [-0.25, -0.2) is 0 Å². The molecule has 0 aliphatic carbocycles. The second-order valence-electron chi connectivity index (χ2n) is 14.5. The lowest BCUT2D eigenvalue weighted by Gasteiger charge is -2.36.